The Balaban J connectivity index is 3.54. The lowest BCUT2D eigenvalue weighted by Crippen LogP contribution is -2.01. The normalized spacial score (nSPS) is 7.82. The molecule has 0 bridgehead atoms. The predicted octanol–water partition coefficient (Wildman–Crippen LogP) is -0.800. The van der Waals surface area contributed by atoms with E-state index in [1.54, 1.807) is 7.05 Å². The zero-order chi connectivity index (χ0) is 8.36. The summed E-state index contributed by atoms with van der Waals surface area (Å²) in [4.78, 5) is 3.88. The number of nitrogens with one attached hydrogen (secondary N) is 1. The van der Waals surface area contributed by atoms with Crippen LogP contribution >= 0.6 is 0 Å². The molecule has 3 N–H and O–H groups in total. The van der Waals surface area contributed by atoms with Crippen molar-refractivity contribution < 1.29 is 0 Å². The first-order chi connectivity index (χ1) is 5.41. The highest BCUT2D eigenvalue weighted by Crippen LogP contribution is 1.60. The maximum atomic E-state index is 5.19. The molecule has 3 heteroatoms. The summed E-state index contributed by atoms with van der Waals surface area (Å²) in [6, 6.07) is 2.58. The minimum Gasteiger partial charge on any atom is -0.348 e. The molecule has 0 aromatic rings. The first kappa shape index (κ1) is 9.55. The highest BCUT2D eigenvalue weighted by Gasteiger charge is 1.67. The molecule has 0 rings (SSSR count). The minimum atomic E-state index is 0.556. The average Bonchev–Trinajstić information content (AvgIpc) is 2.03. The Morgan fingerprint density at radius 3 is 3.00 bits per heavy atom. The lowest BCUT2D eigenvalue weighted by Gasteiger charge is -1.78. The molecule has 0 heterocycles. The molecule has 0 aromatic carbocycles. The van der Waals surface area contributed by atoms with Gasteiger partial charge in [-0.1, -0.05) is 0 Å². The zero-order valence-electron chi connectivity index (χ0n) is 6.52. The third-order valence-corrected chi connectivity index (χ3v) is 0.736. The lowest BCUT2D eigenvalue weighted by atomic mass is 10.6. The van der Waals surface area contributed by atoms with Crippen LogP contribution in [0.3, 0.4) is 0 Å². The quantitative estimate of drug-likeness (QED) is 0.307. The summed E-state index contributed by atoms with van der Waals surface area (Å²) in [5.41, 5.74) is 5.19. The standard InChI is InChI=1S/C8H11N3/c1-10-6-3-2-4-7-11-8-5-9/h7,10H,5,8-9H2,1H3. The summed E-state index contributed by atoms with van der Waals surface area (Å²) in [6.07, 6.45) is 1.51. The summed E-state index contributed by atoms with van der Waals surface area (Å²) < 4.78 is 0. The molecule has 0 saturated heterocycles. The number of hydrogen-bond acceptors (Lipinski definition) is 3. The van der Waals surface area contributed by atoms with Crippen LogP contribution in [0.5, 0.6) is 0 Å². The highest BCUT2D eigenvalue weighted by molar-refractivity contribution is 5.79. The number of nitrogens with two attached hydrogens (primary N) is 1. The zero-order valence-corrected chi connectivity index (χ0v) is 6.52. The Kier molecular flexibility index (Phi) is 7.42. The second-order valence-corrected chi connectivity index (χ2v) is 1.59. The van der Waals surface area contributed by atoms with E-state index in [1.807, 2.05) is 0 Å². The second-order valence-electron chi connectivity index (χ2n) is 1.59. The smallest absolute Gasteiger partial charge is 0.0721 e. The molecule has 3 nitrogen and oxygen atoms in total. The maximum Gasteiger partial charge on any atom is 0.0721 e. The largest absolute Gasteiger partial charge is 0.348 e. The summed E-state index contributed by atoms with van der Waals surface area (Å²) in [5, 5.41) is 2.64. The maximum absolute atomic E-state index is 5.19. The van der Waals surface area contributed by atoms with Crippen molar-refractivity contribution in [1.82, 2.24) is 5.32 Å². The van der Waals surface area contributed by atoms with Gasteiger partial charge in [0.2, 0.25) is 0 Å². The minimum absolute atomic E-state index is 0.556. The van der Waals surface area contributed by atoms with Crippen LogP contribution in [0.1, 0.15) is 0 Å². The molecule has 0 atom stereocenters. The van der Waals surface area contributed by atoms with Crippen LogP contribution in [0.15, 0.2) is 4.99 Å². The van der Waals surface area contributed by atoms with Crippen LogP contribution in [0.4, 0.5) is 0 Å². The molecule has 58 valence electrons. The lowest BCUT2D eigenvalue weighted by molar-refractivity contribution is 0.982. The molecular weight excluding hydrogens is 138 g/mol. The molecule has 0 aliphatic carbocycles. The first-order valence-electron chi connectivity index (χ1n) is 3.27. The molecule has 0 unspecified atom stereocenters. The van der Waals surface area contributed by atoms with Crippen molar-refractivity contribution in [2.75, 3.05) is 20.1 Å². The van der Waals surface area contributed by atoms with Crippen molar-refractivity contribution in [3.63, 3.8) is 0 Å². The average molecular weight is 149 g/mol. The van der Waals surface area contributed by atoms with E-state index in [4.69, 9.17) is 5.73 Å². The summed E-state index contributed by atoms with van der Waals surface area (Å²) >= 11 is 0. The van der Waals surface area contributed by atoms with Gasteiger partial charge in [0.25, 0.3) is 0 Å². The van der Waals surface area contributed by atoms with E-state index in [-0.39, 0.29) is 0 Å². The van der Waals surface area contributed by atoms with Crippen LogP contribution in [-0.2, 0) is 0 Å². The van der Waals surface area contributed by atoms with Gasteiger partial charge in [0, 0.05) is 25.6 Å². The monoisotopic (exact) mass is 149 g/mol. The molecular formula is C8H11N3. The van der Waals surface area contributed by atoms with E-state index >= 15 is 0 Å². The van der Waals surface area contributed by atoms with Crippen molar-refractivity contribution in [2.24, 2.45) is 10.7 Å². The molecule has 0 aliphatic rings. The van der Waals surface area contributed by atoms with Gasteiger partial charge in [-0.15, -0.1) is 0 Å². The molecule has 0 spiro atoms. The van der Waals surface area contributed by atoms with Crippen molar-refractivity contribution in [2.45, 2.75) is 0 Å². The fourth-order valence-electron chi connectivity index (χ4n) is 0.347. The fraction of sp³-hybridized carbons (Fsp3) is 0.375. The summed E-state index contributed by atoms with van der Waals surface area (Å²) in [5.74, 6) is 7.79. The number of aliphatic imine (C=N–C) groups is 1. The molecule has 0 radical (unpaired) electrons. The third kappa shape index (κ3) is 8.55. The Morgan fingerprint density at radius 2 is 2.36 bits per heavy atom. The van der Waals surface area contributed by atoms with Crippen LogP contribution < -0.4 is 11.1 Å². The van der Waals surface area contributed by atoms with E-state index in [9.17, 15) is 0 Å². The molecule has 0 saturated carbocycles. The van der Waals surface area contributed by atoms with Gasteiger partial charge in [-0.05, 0) is 11.8 Å². The molecule has 11 heavy (non-hydrogen) atoms. The van der Waals surface area contributed by atoms with Crippen LogP contribution in [0, 0.1) is 23.8 Å². The summed E-state index contributed by atoms with van der Waals surface area (Å²) in [6.45, 7) is 1.18. The highest BCUT2D eigenvalue weighted by atomic mass is 14.8. The number of nitrogens with zero attached hydrogens (tertiary/aromatic N) is 1. The molecule has 0 amide bonds. The second kappa shape index (κ2) is 8.55. The number of hydrogen-bond donors (Lipinski definition) is 2. The van der Waals surface area contributed by atoms with Crippen molar-refractivity contribution in [3.8, 4) is 23.8 Å². The van der Waals surface area contributed by atoms with Crippen LogP contribution in [-0.4, -0.2) is 26.4 Å². The fourth-order valence-corrected chi connectivity index (χ4v) is 0.347. The van der Waals surface area contributed by atoms with Crippen LogP contribution in [0.25, 0.3) is 0 Å². The number of rotatable bonds is 2. The van der Waals surface area contributed by atoms with Gasteiger partial charge in [-0.2, -0.15) is 0 Å². The van der Waals surface area contributed by atoms with Gasteiger partial charge < -0.3 is 11.1 Å². The van der Waals surface area contributed by atoms with Crippen molar-refractivity contribution in [1.29, 1.82) is 0 Å². The predicted molar refractivity (Wildman–Crippen MR) is 47.0 cm³/mol. The molecule has 0 fully saturated rings. The van der Waals surface area contributed by atoms with E-state index < -0.39 is 0 Å². The van der Waals surface area contributed by atoms with Gasteiger partial charge in [-0.25, -0.2) is 0 Å². The Morgan fingerprint density at radius 1 is 1.55 bits per heavy atom. The first-order valence-corrected chi connectivity index (χ1v) is 3.27. The van der Waals surface area contributed by atoms with Crippen molar-refractivity contribution >= 4 is 6.21 Å². The van der Waals surface area contributed by atoms with E-state index in [1.165, 1.54) is 6.21 Å². The Bertz CT molecular complexity index is 221. The van der Waals surface area contributed by atoms with Gasteiger partial charge >= 0.3 is 0 Å². The summed E-state index contributed by atoms with van der Waals surface area (Å²) in [7, 11) is 1.73. The molecule has 0 aliphatic heterocycles. The van der Waals surface area contributed by atoms with E-state index in [2.05, 4.69) is 34.1 Å². The van der Waals surface area contributed by atoms with Gasteiger partial charge in [0.1, 0.15) is 0 Å². The SMILES string of the molecule is CNC#CC#CC=NCCN. The topological polar surface area (TPSA) is 50.4 Å². The van der Waals surface area contributed by atoms with Gasteiger partial charge in [-0.3, -0.25) is 4.99 Å². The van der Waals surface area contributed by atoms with E-state index in [0.29, 0.717) is 13.1 Å². The Labute approximate surface area is 67.1 Å². The van der Waals surface area contributed by atoms with Crippen molar-refractivity contribution in [3.05, 3.63) is 0 Å². The third-order valence-electron chi connectivity index (χ3n) is 0.736. The van der Waals surface area contributed by atoms with Gasteiger partial charge in [0.15, 0.2) is 0 Å². The van der Waals surface area contributed by atoms with E-state index in [0.717, 1.165) is 0 Å². The Hall–Kier alpha value is -1.45. The molecule has 0 aromatic heterocycles. The van der Waals surface area contributed by atoms with Gasteiger partial charge in [0.05, 0.1) is 12.8 Å². The van der Waals surface area contributed by atoms with Crippen LogP contribution in [0.2, 0.25) is 0 Å².